The molecule has 2 heterocycles. The molecule has 2 aromatic heterocycles. The lowest BCUT2D eigenvalue weighted by Gasteiger charge is -2.10. The minimum atomic E-state index is -0.292. The summed E-state index contributed by atoms with van der Waals surface area (Å²) < 4.78 is 5.36. The molecule has 0 saturated carbocycles. The number of nitrogens with zero attached hydrogens (tertiary/aromatic N) is 2. The number of nitrogens with one attached hydrogen (secondary N) is 2. The molecule has 0 unspecified atom stereocenters. The summed E-state index contributed by atoms with van der Waals surface area (Å²) in [7, 11) is 0. The largest absolute Gasteiger partial charge is 0.467 e. The zero-order valence-electron chi connectivity index (χ0n) is 16.6. The Morgan fingerprint density at radius 2 is 1.77 bits per heavy atom. The highest BCUT2D eigenvalue weighted by Crippen LogP contribution is 2.19. The van der Waals surface area contributed by atoms with Gasteiger partial charge in [-0.05, 0) is 36.2 Å². The summed E-state index contributed by atoms with van der Waals surface area (Å²) >= 11 is 0. The normalized spacial score (nSPS) is 10.6. The predicted octanol–water partition coefficient (Wildman–Crippen LogP) is 5.16. The number of carbonyl (C=O) groups is 1. The van der Waals surface area contributed by atoms with Crippen molar-refractivity contribution in [1.82, 2.24) is 9.97 Å². The molecule has 2 aromatic carbocycles. The Morgan fingerprint density at radius 3 is 2.47 bits per heavy atom. The van der Waals surface area contributed by atoms with E-state index in [-0.39, 0.29) is 11.6 Å². The van der Waals surface area contributed by atoms with Crippen LogP contribution in [0.1, 0.15) is 28.7 Å². The van der Waals surface area contributed by atoms with Crippen molar-refractivity contribution in [2.75, 3.05) is 10.6 Å². The molecule has 0 aliphatic rings. The van der Waals surface area contributed by atoms with Crippen molar-refractivity contribution in [3.05, 3.63) is 96.1 Å². The highest BCUT2D eigenvalue weighted by atomic mass is 16.3. The summed E-state index contributed by atoms with van der Waals surface area (Å²) in [6.45, 7) is 2.55. The van der Waals surface area contributed by atoms with Gasteiger partial charge in [0.25, 0.3) is 5.91 Å². The Kier molecular flexibility index (Phi) is 5.85. The second-order valence-electron chi connectivity index (χ2n) is 6.77. The highest BCUT2D eigenvalue weighted by molar-refractivity contribution is 6.03. The van der Waals surface area contributed by atoms with E-state index in [0.717, 1.165) is 23.4 Å². The van der Waals surface area contributed by atoms with Crippen LogP contribution in [0.25, 0.3) is 11.4 Å². The average molecular weight is 398 g/mol. The second kappa shape index (κ2) is 9.05. The van der Waals surface area contributed by atoms with E-state index in [4.69, 9.17) is 4.42 Å². The number of carbonyl (C=O) groups excluding carboxylic acids is 1. The fourth-order valence-corrected chi connectivity index (χ4v) is 2.98. The Labute approximate surface area is 175 Å². The molecule has 0 aliphatic heterocycles. The van der Waals surface area contributed by atoms with Crippen molar-refractivity contribution < 1.29 is 9.21 Å². The zero-order valence-corrected chi connectivity index (χ0v) is 16.6. The number of amides is 1. The molecule has 6 heteroatoms. The number of aryl methyl sites for hydroxylation is 1. The standard InChI is InChI=1S/C24H22N4O2/c1-2-17-10-12-19(13-11-17)26-24(29)21-15-22(25-16-20-9-6-14-30-20)28-23(27-21)18-7-4-3-5-8-18/h3-15H,2,16H2,1H3,(H,26,29)(H,25,27,28). The van der Waals surface area contributed by atoms with Gasteiger partial charge in [-0.3, -0.25) is 4.79 Å². The van der Waals surface area contributed by atoms with Crippen LogP contribution < -0.4 is 10.6 Å². The Balaban J connectivity index is 1.61. The second-order valence-corrected chi connectivity index (χ2v) is 6.77. The summed E-state index contributed by atoms with van der Waals surface area (Å²) in [5.41, 5.74) is 3.05. The van der Waals surface area contributed by atoms with Crippen LogP contribution in [0.15, 0.2) is 83.5 Å². The van der Waals surface area contributed by atoms with Gasteiger partial charge in [-0.25, -0.2) is 9.97 Å². The molecule has 0 spiro atoms. The summed E-state index contributed by atoms with van der Waals surface area (Å²) in [6.07, 6.45) is 2.57. The summed E-state index contributed by atoms with van der Waals surface area (Å²) in [6, 6.07) is 22.7. The highest BCUT2D eigenvalue weighted by Gasteiger charge is 2.14. The van der Waals surface area contributed by atoms with Crippen molar-refractivity contribution >= 4 is 17.4 Å². The van der Waals surface area contributed by atoms with Gasteiger partial charge in [0.1, 0.15) is 17.3 Å². The van der Waals surface area contributed by atoms with E-state index < -0.39 is 0 Å². The van der Waals surface area contributed by atoms with E-state index in [2.05, 4.69) is 27.5 Å². The van der Waals surface area contributed by atoms with E-state index in [0.29, 0.717) is 18.2 Å². The van der Waals surface area contributed by atoms with E-state index in [1.807, 2.05) is 66.7 Å². The van der Waals surface area contributed by atoms with E-state index in [1.165, 1.54) is 5.56 Å². The molecule has 4 rings (SSSR count). The van der Waals surface area contributed by atoms with Crippen LogP contribution in [-0.2, 0) is 13.0 Å². The minimum Gasteiger partial charge on any atom is -0.467 e. The first-order chi connectivity index (χ1) is 14.7. The summed E-state index contributed by atoms with van der Waals surface area (Å²) in [4.78, 5) is 22.0. The SMILES string of the molecule is CCc1ccc(NC(=O)c2cc(NCc3ccco3)nc(-c3ccccc3)n2)cc1. The maximum atomic E-state index is 12.9. The number of benzene rings is 2. The predicted molar refractivity (Wildman–Crippen MR) is 117 cm³/mol. The number of hydrogen-bond donors (Lipinski definition) is 2. The van der Waals surface area contributed by atoms with Crippen molar-refractivity contribution in [1.29, 1.82) is 0 Å². The molecule has 30 heavy (non-hydrogen) atoms. The first-order valence-electron chi connectivity index (χ1n) is 9.82. The van der Waals surface area contributed by atoms with Crippen LogP contribution in [0.2, 0.25) is 0 Å². The van der Waals surface area contributed by atoms with Gasteiger partial charge in [0.05, 0.1) is 12.8 Å². The van der Waals surface area contributed by atoms with Gasteiger partial charge in [-0.1, -0.05) is 49.4 Å². The van der Waals surface area contributed by atoms with Gasteiger partial charge in [0.2, 0.25) is 0 Å². The van der Waals surface area contributed by atoms with Crippen LogP contribution >= 0.6 is 0 Å². The topological polar surface area (TPSA) is 80.0 Å². The van der Waals surface area contributed by atoms with E-state index in [1.54, 1.807) is 12.3 Å². The molecule has 6 nitrogen and oxygen atoms in total. The summed E-state index contributed by atoms with van der Waals surface area (Å²) in [5.74, 6) is 1.51. The Morgan fingerprint density at radius 1 is 0.967 bits per heavy atom. The fraction of sp³-hybridized carbons (Fsp3) is 0.125. The molecule has 0 atom stereocenters. The maximum absolute atomic E-state index is 12.9. The van der Waals surface area contributed by atoms with Gasteiger partial charge >= 0.3 is 0 Å². The van der Waals surface area contributed by atoms with Gasteiger partial charge in [-0.15, -0.1) is 0 Å². The third-order valence-electron chi connectivity index (χ3n) is 4.63. The smallest absolute Gasteiger partial charge is 0.274 e. The van der Waals surface area contributed by atoms with E-state index >= 15 is 0 Å². The molecule has 0 bridgehead atoms. The van der Waals surface area contributed by atoms with Crippen LogP contribution in [0, 0.1) is 0 Å². The van der Waals surface area contributed by atoms with Crippen molar-refractivity contribution in [2.24, 2.45) is 0 Å². The van der Waals surface area contributed by atoms with Crippen LogP contribution in [0.3, 0.4) is 0 Å². The third kappa shape index (κ3) is 4.72. The summed E-state index contributed by atoms with van der Waals surface area (Å²) in [5, 5.41) is 6.12. The molecular formula is C24H22N4O2. The van der Waals surface area contributed by atoms with E-state index in [9.17, 15) is 4.79 Å². The van der Waals surface area contributed by atoms with Crippen LogP contribution in [0.5, 0.6) is 0 Å². The number of rotatable bonds is 7. The van der Waals surface area contributed by atoms with Crippen molar-refractivity contribution in [3.8, 4) is 11.4 Å². The molecule has 2 N–H and O–H groups in total. The minimum absolute atomic E-state index is 0.283. The van der Waals surface area contributed by atoms with Gasteiger partial charge in [0.15, 0.2) is 5.82 Å². The monoisotopic (exact) mass is 398 g/mol. The average Bonchev–Trinajstić information content (AvgIpc) is 3.32. The van der Waals surface area contributed by atoms with Crippen LogP contribution in [-0.4, -0.2) is 15.9 Å². The molecule has 1 amide bonds. The number of furan rings is 1. The number of hydrogen-bond acceptors (Lipinski definition) is 5. The van der Waals surface area contributed by atoms with Gasteiger partial charge in [-0.2, -0.15) is 0 Å². The molecule has 150 valence electrons. The molecule has 0 aliphatic carbocycles. The molecule has 0 saturated heterocycles. The van der Waals surface area contributed by atoms with Crippen LogP contribution in [0.4, 0.5) is 11.5 Å². The molecule has 0 radical (unpaired) electrons. The first kappa shape index (κ1) is 19.4. The fourth-order valence-electron chi connectivity index (χ4n) is 2.98. The Bertz CT molecular complexity index is 1110. The lowest BCUT2D eigenvalue weighted by molar-refractivity contribution is 0.102. The van der Waals surface area contributed by atoms with Crippen molar-refractivity contribution in [2.45, 2.75) is 19.9 Å². The first-order valence-corrected chi connectivity index (χ1v) is 9.82. The lowest BCUT2D eigenvalue weighted by atomic mass is 10.1. The van der Waals surface area contributed by atoms with Gasteiger partial charge in [0, 0.05) is 17.3 Å². The van der Waals surface area contributed by atoms with Gasteiger partial charge < -0.3 is 15.1 Å². The molecule has 4 aromatic rings. The quantitative estimate of drug-likeness (QED) is 0.449. The zero-order chi connectivity index (χ0) is 20.8. The third-order valence-corrected chi connectivity index (χ3v) is 4.63. The van der Waals surface area contributed by atoms with Crippen molar-refractivity contribution in [3.63, 3.8) is 0 Å². The lowest BCUT2D eigenvalue weighted by Crippen LogP contribution is -2.15. The number of anilines is 2. The maximum Gasteiger partial charge on any atom is 0.274 e. The molecular weight excluding hydrogens is 376 g/mol. The molecule has 0 fully saturated rings. The number of aromatic nitrogens is 2. The Hall–Kier alpha value is -3.93.